The molecule has 1 saturated heterocycles. The molecule has 1 heterocycles. The Morgan fingerprint density at radius 1 is 1.44 bits per heavy atom. The summed E-state index contributed by atoms with van der Waals surface area (Å²) in [4.78, 5) is 11.5. The van der Waals surface area contributed by atoms with Crippen molar-refractivity contribution in [3.8, 4) is 0 Å². The zero-order valence-electron chi connectivity index (χ0n) is 9.60. The van der Waals surface area contributed by atoms with E-state index < -0.39 is 11.7 Å². The van der Waals surface area contributed by atoms with Crippen molar-refractivity contribution in [1.82, 2.24) is 0 Å². The van der Waals surface area contributed by atoms with Crippen LogP contribution in [0.4, 0.5) is 0 Å². The van der Waals surface area contributed by atoms with Gasteiger partial charge in [-0.25, -0.2) is 4.79 Å². The molecule has 0 radical (unpaired) electrons. The number of methoxy groups -OCH3 is 1. The van der Waals surface area contributed by atoms with Gasteiger partial charge in [-0.05, 0) is 12.0 Å². The summed E-state index contributed by atoms with van der Waals surface area (Å²) in [5.74, 6) is -0.280. The van der Waals surface area contributed by atoms with Crippen LogP contribution >= 0.6 is 0 Å². The Hall–Kier alpha value is -1.35. The van der Waals surface area contributed by atoms with Gasteiger partial charge in [-0.15, -0.1) is 0 Å². The van der Waals surface area contributed by atoms with Gasteiger partial charge < -0.3 is 9.47 Å². The van der Waals surface area contributed by atoms with E-state index in [1.807, 2.05) is 30.3 Å². The first-order valence-electron chi connectivity index (χ1n) is 5.56. The highest BCUT2D eigenvalue weighted by molar-refractivity contribution is 5.79. The van der Waals surface area contributed by atoms with Crippen LogP contribution in [0.5, 0.6) is 0 Å². The standard InChI is InChI=1S/C13H16O3/c1-3-9-13(10-7-5-4-6-8-10)11(16-13)12(14)15-2/h4-8,11H,3,9H2,1-2H3. The maximum absolute atomic E-state index is 11.5. The first-order chi connectivity index (χ1) is 7.74. The lowest BCUT2D eigenvalue weighted by atomic mass is 9.91. The van der Waals surface area contributed by atoms with E-state index in [9.17, 15) is 4.79 Å². The highest BCUT2D eigenvalue weighted by atomic mass is 16.7. The second-order valence-electron chi connectivity index (χ2n) is 4.03. The van der Waals surface area contributed by atoms with Crippen LogP contribution in [0.25, 0.3) is 0 Å². The zero-order chi connectivity index (χ0) is 11.6. The van der Waals surface area contributed by atoms with Crippen molar-refractivity contribution < 1.29 is 14.3 Å². The van der Waals surface area contributed by atoms with Gasteiger partial charge in [0, 0.05) is 0 Å². The number of benzene rings is 1. The van der Waals surface area contributed by atoms with Gasteiger partial charge in [0.05, 0.1) is 7.11 Å². The van der Waals surface area contributed by atoms with Crippen molar-refractivity contribution in [3.05, 3.63) is 35.9 Å². The van der Waals surface area contributed by atoms with Crippen molar-refractivity contribution in [2.24, 2.45) is 0 Å². The molecule has 2 atom stereocenters. The van der Waals surface area contributed by atoms with Gasteiger partial charge in [0.2, 0.25) is 0 Å². The molecule has 2 unspecified atom stereocenters. The number of hydrogen-bond donors (Lipinski definition) is 0. The summed E-state index contributed by atoms with van der Waals surface area (Å²) in [5, 5.41) is 0. The third-order valence-corrected chi connectivity index (χ3v) is 2.99. The average molecular weight is 220 g/mol. The number of esters is 1. The minimum atomic E-state index is -0.441. The Bertz CT molecular complexity index is 374. The number of hydrogen-bond acceptors (Lipinski definition) is 3. The van der Waals surface area contributed by atoms with Crippen molar-refractivity contribution in [2.75, 3.05) is 7.11 Å². The lowest BCUT2D eigenvalue weighted by molar-refractivity contribution is -0.142. The minimum Gasteiger partial charge on any atom is -0.467 e. The van der Waals surface area contributed by atoms with E-state index in [4.69, 9.17) is 9.47 Å². The fourth-order valence-electron chi connectivity index (χ4n) is 2.17. The number of carbonyl (C=O) groups is 1. The maximum Gasteiger partial charge on any atom is 0.338 e. The zero-order valence-corrected chi connectivity index (χ0v) is 9.60. The van der Waals surface area contributed by atoms with Crippen LogP contribution < -0.4 is 0 Å². The van der Waals surface area contributed by atoms with Crippen molar-refractivity contribution in [1.29, 1.82) is 0 Å². The molecule has 1 aromatic rings. The summed E-state index contributed by atoms with van der Waals surface area (Å²) in [6.07, 6.45) is 1.39. The Morgan fingerprint density at radius 3 is 2.69 bits per heavy atom. The van der Waals surface area contributed by atoms with Crippen LogP contribution in [0.3, 0.4) is 0 Å². The smallest absolute Gasteiger partial charge is 0.338 e. The lowest BCUT2D eigenvalue weighted by Crippen LogP contribution is -2.20. The molecular formula is C13H16O3. The van der Waals surface area contributed by atoms with Gasteiger partial charge in [0.15, 0.2) is 6.10 Å². The van der Waals surface area contributed by atoms with Crippen LogP contribution in [0.2, 0.25) is 0 Å². The highest BCUT2D eigenvalue weighted by Crippen LogP contribution is 2.50. The van der Waals surface area contributed by atoms with E-state index >= 15 is 0 Å². The predicted octanol–water partition coefficient (Wildman–Crippen LogP) is 2.25. The molecule has 0 aliphatic carbocycles. The van der Waals surface area contributed by atoms with Gasteiger partial charge in [-0.3, -0.25) is 0 Å². The summed E-state index contributed by atoms with van der Waals surface area (Å²) < 4.78 is 10.3. The first kappa shape index (κ1) is 11.1. The Balaban J connectivity index is 2.24. The van der Waals surface area contributed by atoms with Gasteiger partial charge in [0.1, 0.15) is 5.60 Å². The molecule has 0 bridgehead atoms. The van der Waals surface area contributed by atoms with Gasteiger partial charge in [-0.2, -0.15) is 0 Å². The van der Waals surface area contributed by atoms with E-state index in [1.165, 1.54) is 7.11 Å². The highest BCUT2D eigenvalue weighted by Gasteiger charge is 2.61. The quantitative estimate of drug-likeness (QED) is 0.577. The monoisotopic (exact) mass is 220 g/mol. The molecule has 16 heavy (non-hydrogen) atoms. The van der Waals surface area contributed by atoms with Crippen molar-refractivity contribution in [3.63, 3.8) is 0 Å². The van der Waals surface area contributed by atoms with Gasteiger partial charge >= 0.3 is 5.97 Å². The topological polar surface area (TPSA) is 38.8 Å². The molecule has 1 aliphatic rings. The van der Waals surface area contributed by atoms with Crippen molar-refractivity contribution >= 4 is 5.97 Å². The fraction of sp³-hybridized carbons (Fsp3) is 0.462. The second-order valence-corrected chi connectivity index (χ2v) is 4.03. The second kappa shape index (κ2) is 4.26. The number of epoxide rings is 1. The largest absolute Gasteiger partial charge is 0.467 e. The molecule has 0 spiro atoms. The molecule has 1 fully saturated rings. The van der Waals surface area contributed by atoms with Crippen molar-refractivity contribution in [2.45, 2.75) is 31.5 Å². The van der Waals surface area contributed by atoms with E-state index in [1.54, 1.807) is 0 Å². The third kappa shape index (κ3) is 1.71. The molecule has 3 nitrogen and oxygen atoms in total. The lowest BCUT2D eigenvalue weighted by Gasteiger charge is -2.11. The molecule has 86 valence electrons. The molecule has 2 rings (SSSR count). The first-order valence-corrected chi connectivity index (χ1v) is 5.56. The molecule has 0 saturated carbocycles. The molecular weight excluding hydrogens is 204 g/mol. The Morgan fingerprint density at radius 2 is 2.12 bits per heavy atom. The molecule has 3 heteroatoms. The van der Waals surface area contributed by atoms with Crippen LogP contribution in [-0.2, 0) is 19.9 Å². The summed E-state index contributed by atoms with van der Waals surface area (Å²) in [5.41, 5.74) is 0.621. The van der Waals surface area contributed by atoms with E-state index in [2.05, 4.69) is 6.92 Å². The van der Waals surface area contributed by atoms with Gasteiger partial charge in [-0.1, -0.05) is 43.7 Å². The van der Waals surface area contributed by atoms with Crippen LogP contribution in [0.15, 0.2) is 30.3 Å². The van der Waals surface area contributed by atoms with Crippen LogP contribution in [0.1, 0.15) is 25.3 Å². The number of carbonyl (C=O) groups excluding carboxylic acids is 1. The molecule has 1 aliphatic heterocycles. The molecule has 0 N–H and O–H groups in total. The SMILES string of the molecule is CCCC1(c2ccccc2)OC1C(=O)OC. The van der Waals surface area contributed by atoms with Gasteiger partial charge in [0.25, 0.3) is 0 Å². The fourth-order valence-corrected chi connectivity index (χ4v) is 2.17. The maximum atomic E-state index is 11.5. The van der Waals surface area contributed by atoms with Crippen LogP contribution in [-0.4, -0.2) is 19.2 Å². The number of rotatable bonds is 4. The van der Waals surface area contributed by atoms with E-state index in [0.717, 1.165) is 18.4 Å². The summed E-state index contributed by atoms with van der Waals surface area (Å²) in [6, 6.07) is 9.88. The summed E-state index contributed by atoms with van der Waals surface area (Å²) >= 11 is 0. The molecule has 1 aromatic carbocycles. The third-order valence-electron chi connectivity index (χ3n) is 2.99. The summed E-state index contributed by atoms with van der Waals surface area (Å²) in [7, 11) is 1.39. The minimum absolute atomic E-state index is 0.280. The average Bonchev–Trinajstić information content (AvgIpc) is 3.06. The predicted molar refractivity (Wildman–Crippen MR) is 59.9 cm³/mol. The van der Waals surface area contributed by atoms with E-state index in [0.29, 0.717) is 0 Å². The van der Waals surface area contributed by atoms with E-state index in [-0.39, 0.29) is 5.97 Å². The molecule has 0 aromatic heterocycles. The Kier molecular flexibility index (Phi) is 2.97. The van der Waals surface area contributed by atoms with Crippen LogP contribution in [0, 0.1) is 0 Å². The summed E-state index contributed by atoms with van der Waals surface area (Å²) in [6.45, 7) is 2.08. The molecule has 0 amide bonds. The number of ether oxygens (including phenoxy) is 2. The Labute approximate surface area is 95.4 Å². The normalized spacial score (nSPS) is 27.5.